The van der Waals surface area contributed by atoms with Crippen LogP contribution in [0.1, 0.15) is 54.9 Å². The average Bonchev–Trinajstić information content (AvgIpc) is 2.35. The highest BCUT2D eigenvalue weighted by Gasteiger charge is 2.63. The molecule has 0 aromatic rings. The summed E-state index contributed by atoms with van der Waals surface area (Å²) in [5.41, 5.74) is 4.48. The van der Waals surface area contributed by atoms with Crippen molar-refractivity contribution in [2.45, 2.75) is 78.1 Å². The molecule has 6 nitrogen and oxygen atoms in total. The van der Waals surface area contributed by atoms with Gasteiger partial charge in [0.15, 0.2) is 0 Å². The molecule has 0 heterocycles. The van der Waals surface area contributed by atoms with Gasteiger partial charge in [-0.3, -0.25) is 9.59 Å². The first-order valence-corrected chi connectivity index (χ1v) is 7.88. The minimum Gasteiger partial charge on any atom is -0.378 e. The van der Waals surface area contributed by atoms with Gasteiger partial charge in [0.05, 0.1) is 6.10 Å². The second-order valence-electron chi connectivity index (χ2n) is 7.78. The summed E-state index contributed by atoms with van der Waals surface area (Å²) in [6, 6.07) is -0.630. The van der Waals surface area contributed by atoms with Gasteiger partial charge in [-0.25, -0.2) is 0 Å². The van der Waals surface area contributed by atoms with E-state index in [1.54, 1.807) is 6.92 Å². The number of hydrogen-bond donors (Lipinski definition) is 3. The van der Waals surface area contributed by atoms with E-state index >= 15 is 0 Å². The molecular formula is C16H32ClN3O3. The summed E-state index contributed by atoms with van der Waals surface area (Å²) in [5.74, 6) is -0.520. The molecule has 0 aliphatic heterocycles. The maximum absolute atomic E-state index is 12.5. The molecule has 136 valence electrons. The first kappa shape index (κ1) is 22.1. The predicted molar refractivity (Wildman–Crippen MR) is 93.5 cm³/mol. The van der Waals surface area contributed by atoms with Gasteiger partial charge in [-0.1, -0.05) is 13.8 Å². The first-order valence-electron chi connectivity index (χ1n) is 7.88. The zero-order valence-electron chi connectivity index (χ0n) is 15.3. The topological polar surface area (TPSA) is 93.4 Å². The fraction of sp³-hybridized carbons (Fsp3) is 0.875. The number of nitrogens with two attached hydrogens (primary N) is 1. The summed E-state index contributed by atoms with van der Waals surface area (Å²) in [6.07, 6.45) is 0.430. The predicted octanol–water partition coefficient (Wildman–Crippen LogP) is 1.36. The summed E-state index contributed by atoms with van der Waals surface area (Å²) >= 11 is 0. The Morgan fingerprint density at radius 1 is 1.35 bits per heavy atom. The Morgan fingerprint density at radius 3 is 2.26 bits per heavy atom. The number of nitrogens with one attached hydrogen (secondary N) is 2. The Labute approximate surface area is 145 Å². The second-order valence-corrected chi connectivity index (χ2v) is 7.78. The average molecular weight is 350 g/mol. The Bertz CT molecular complexity index is 448. The number of rotatable bonds is 5. The molecule has 23 heavy (non-hydrogen) atoms. The van der Waals surface area contributed by atoms with Crippen LogP contribution in [0.25, 0.3) is 0 Å². The molecule has 0 radical (unpaired) electrons. The quantitative estimate of drug-likeness (QED) is 0.698. The zero-order chi connectivity index (χ0) is 17.3. The van der Waals surface area contributed by atoms with E-state index in [1.807, 2.05) is 41.5 Å². The highest BCUT2D eigenvalue weighted by atomic mass is 35.5. The minimum atomic E-state index is -1.01. The van der Waals surface area contributed by atoms with Gasteiger partial charge in [0, 0.05) is 24.0 Å². The van der Waals surface area contributed by atoms with E-state index in [0.29, 0.717) is 13.0 Å². The lowest BCUT2D eigenvalue weighted by molar-refractivity contribution is -0.171. The largest absolute Gasteiger partial charge is 0.378 e. The van der Waals surface area contributed by atoms with Gasteiger partial charge in [-0.05, 0) is 34.6 Å². The van der Waals surface area contributed by atoms with Crippen molar-refractivity contribution in [2.24, 2.45) is 11.1 Å². The van der Waals surface area contributed by atoms with Crippen molar-refractivity contribution in [3.63, 3.8) is 0 Å². The molecule has 4 N–H and O–H groups in total. The van der Waals surface area contributed by atoms with Crippen molar-refractivity contribution >= 4 is 24.2 Å². The number of halogens is 1. The lowest BCUT2D eigenvalue weighted by Gasteiger charge is -2.57. The van der Waals surface area contributed by atoms with E-state index in [-0.39, 0.29) is 35.9 Å². The Morgan fingerprint density at radius 2 is 1.87 bits per heavy atom. The van der Waals surface area contributed by atoms with Crippen molar-refractivity contribution in [2.75, 3.05) is 6.61 Å². The van der Waals surface area contributed by atoms with E-state index in [0.717, 1.165) is 0 Å². The van der Waals surface area contributed by atoms with Crippen molar-refractivity contribution in [1.29, 1.82) is 0 Å². The van der Waals surface area contributed by atoms with Crippen molar-refractivity contribution in [1.82, 2.24) is 10.6 Å². The molecule has 0 bridgehead atoms. The van der Waals surface area contributed by atoms with Gasteiger partial charge in [-0.15, -0.1) is 12.4 Å². The summed E-state index contributed by atoms with van der Waals surface area (Å²) in [6.45, 7) is 13.7. The molecule has 0 aromatic heterocycles. The second kappa shape index (κ2) is 7.36. The molecule has 1 aliphatic rings. The summed E-state index contributed by atoms with van der Waals surface area (Å²) in [5, 5.41) is 5.57. The van der Waals surface area contributed by atoms with Crippen LogP contribution < -0.4 is 16.4 Å². The van der Waals surface area contributed by atoms with Crippen LogP contribution in [0.5, 0.6) is 0 Å². The van der Waals surface area contributed by atoms with Gasteiger partial charge in [0.1, 0.15) is 11.6 Å². The van der Waals surface area contributed by atoms with Crippen molar-refractivity contribution in [3.8, 4) is 0 Å². The molecule has 2 amide bonds. The molecular weight excluding hydrogens is 318 g/mol. The third-order valence-corrected chi connectivity index (χ3v) is 4.47. The molecule has 1 aliphatic carbocycles. The smallest absolute Gasteiger partial charge is 0.242 e. The summed E-state index contributed by atoms with van der Waals surface area (Å²) in [7, 11) is 0. The fourth-order valence-corrected chi connectivity index (χ4v) is 2.69. The maximum Gasteiger partial charge on any atom is 0.242 e. The molecule has 0 spiro atoms. The van der Waals surface area contributed by atoms with Crippen LogP contribution in [-0.2, 0) is 14.3 Å². The molecule has 1 saturated carbocycles. The Kier molecular flexibility index (Phi) is 7.09. The minimum absolute atomic E-state index is 0. The maximum atomic E-state index is 12.5. The van der Waals surface area contributed by atoms with Crippen LogP contribution >= 0.6 is 12.4 Å². The monoisotopic (exact) mass is 349 g/mol. The standard InChI is InChI=1S/C16H31N3O3.ClH/c1-8-22-11-9-16(17,15(11,6)7)13(21)18-10(2)12(20)19-14(3,4)5;/h10-11H,8-9,17H2,1-7H3,(H,18,21)(H,19,20);1H. The van der Waals surface area contributed by atoms with Crippen LogP contribution in [0.15, 0.2) is 0 Å². The Balaban J connectivity index is 0.00000484. The third kappa shape index (κ3) is 4.58. The van der Waals surface area contributed by atoms with Crippen LogP contribution in [0.2, 0.25) is 0 Å². The molecule has 7 heteroatoms. The summed E-state index contributed by atoms with van der Waals surface area (Å²) < 4.78 is 5.62. The molecule has 3 atom stereocenters. The van der Waals surface area contributed by atoms with Gasteiger partial charge in [-0.2, -0.15) is 0 Å². The van der Waals surface area contributed by atoms with Crippen LogP contribution in [0, 0.1) is 5.41 Å². The first-order chi connectivity index (χ1) is 9.85. The molecule has 0 saturated heterocycles. The highest BCUT2D eigenvalue weighted by Crippen LogP contribution is 2.49. The van der Waals surface area contributed by atoms with Gasteiger partial charge in [0.2, 0.25) is 11.8 Å². The molecule has 0 aromatic carbocycles. The SMILES string of the molecule is CCOC1CC(N)(C(=O)NC(C)C(=O)NC(C)(C)C)C1(C)C.Cl. The Hall–Kier alpha value is -0.850. The van der Waals surface area contributed by atoms with E-state index in [9.17, 15) is 9.59 Å². The van der Waals surface area contributed by atoms with Gasteiger partial charge < -0.3 is 21.1 Å². The third-order valence-electron chi connectivity index (χ3n) is 4.47. The normalized spacial score (nSPS) is 27.2. The molecule has 1 rings (SSSR count). The lowest BCUT2D eigenvalue weighted by atomic mass is 9.54. The number of hydrogen-bond acceptors (Lipinski definition) is 4. The van der Waals surface area contributed by atoms with E-state index in [4.69, 9.17) is 10.5 Å². The fourth-order valence-electron chi connectivity index (χ4n) is 2.69. The van der Waals surface area contributed by atoms with E-state index in [2.05, 4.69) is 10.6 Å². The lowest BCUT2D eigenvalue weighted by Crippen LogP contribution is -2.76. The van der Waals surface area contributed by atoms with Crippen LogP contribution in [0.3, 0.4) is 0 Å². The number of carbonyl (C=O) groups excluding carboxylic acids is 2. The van der Waals surface area contributed by atoms with Gasteiger partial charge in [0.25, 0.3) is 0 Å². The number of ether oxygens (including phenoxy) is 1. The van der Waals surface area contributed by atoms with E-state index in [1.165, 1.54) is 0 Å². The van der Waals surface area contributed by atoms with Gasteiger partial charge >= 0.3 is 0 Å². The van der Waals surface area contributed by atoms with Crippen LogP contribution in [0.4, 0.5) is 0 Å². The van der Waals surface area contributed by atoms with E-state index < -0.39 is 17.0 Å². The molecule has 3 unspecified atom stereocenters. The number of amides is 2. The summed E-state index contributed by atoms with van der Waals surface area (Å²) in [4.78, 5) is 24.6. The zero-order valence-corrected chi connectivity index (χ0v) is 16.1. The van der Waals surface area contributed by atoms with Crippen molar-refractivity contribution in [3.05, 3.63) is 0 Å². The highest BCUT2D eigenvalue weighted by molar-refractivity contribution is 5.93. The van der Waals surface area contributed by atoms with Crippen molar-refractivity contribution < 1.29 is 14.3 Å². The van der Waals surface area contributed by atoms with Crippen LogP contribution in [-0.4, -0.2) is 41.6 Å². The molecule has 1 fully saturated rings. The number of carbonyl (C=O) groups is 2.